The molecule has 0 radical (unpaired) electrons. The maximum atomic E-state index is 11.1. The molecule has 1 aromatic carbocycles. The molecule has 1 aromatic heterocycles. The first-order chi connectivity index (χ1) is 9.48. The van der Waals surface area contributed by atoms with Crippen LogP contribution in [0.15, 0.2) is 42.3 Å². The third-order valence-corrected chi connectivity index (χ3v) is 3.79. The smallest absolute Gasteiger partial charge is 0.229 e. The van der Waals surface area contributed by atoms with Gasteiger partial charge in [-0.3, -0.25) is 4.72 Å². The van der Waals surface area contributed by atoms with Crippen LogP contribution in [0.2, 0.25) is 0 Å². The molecule has 1 heterocycles. The summed E-state index contributed by atoms with van der Waals surface area (Å²) in [4.78, 5) is 4.44. The molecule has 0 unspecified atom stereocenters. The lowest BCUT2D eigenvalue weighted by Crippen LogP contribution is -2.09. The number of nitrogens with zero attached hydrogens (tertiary/aromatic N) is 1. The minimum atomic E-state index is -3.24. The Morgan fingerprint density at radius 1 is 1.35 bits per heavy atom. The topological polar surface area (TPSA) is 71.1 Å². The number of aromatic nitrogens is 1. The van der Waals surface area contributed by atoms with E-state index in [-0.39, 0.29) is 0 Å². The summed E-state index contributed by atoms with van der Waals surface area (Å²) >= 11 is 1.52. The predicted octanol–water partition coefficient (Wildman–Crippen LogP) is 2.78. The summed E-state index contributed by atoms with van der Waals surface area (Å²) in [6, 6.07) is 7.10. The van der Waals surface area contributed by atoms with Crippen molar-refractivity contribution in [3.8, 4) is 11.3 Å². The van der Waals surface area contributed by atoms with E-state index in [0.29, 0.717) is 12.2 Å². The van der Waals surface area contributed by atoms with Crippen LogP contribution in [0.25, 0.3) is 11.3 Å². The minimum absolute atomic E-state index is 0.538. The van der Waals surface area contributed by atoms with Crippen LogP contribution in [0.5, 0.6) is 0 Å². The van der Waals surface area contributed by atoms with Crippen molar-refractivity contribution >= 4 is 32.2 Å². The highest BCUT2D eigenvalue weighted by molar-refractivity contribution is 7.92. The molecule has 0 amide bonds. The number of sulfonamides is 1. The molecule has 20 heavy (non-hydrogen) atoms. The van der Waals surface area contributed by atoms with Crippen molar-refractivity contribution in [1.29, 1.82) is 0 Å². The van der Waals surface area contributed by atoms with Crippen molar-refractivity contribution in [1.82, 2.24) is 4.98 Å². The summed E-state index contributed by atoms with van der Waals surface area (Å²) in [5.41, 5.74) is 2.33. The number of rotatable bonds is 6. The third-order valence-electron chi connectivity index (χ3n) is 2.39. The van der Waals surface area contributed by atoms with Crippen LogP contribution in [0.3, 0.4) is 0 Å². The highest BCUT2D eigenvalue weighted by Gasteiger charge is 2.05. The van der Waals surface area contributed by atoms with E-state index < -0.39 is 10.0 Å². The first-order valence-electron chi connectivity index (χ1n) is 5.86. The van der Waals surface area contributed by atoms with E-state index in [2.05, 4.69) is 21.6 Å². The molecule has 0 saturated heterocycles. The van der Waals surface area contributed by atoms with Crippen molar-refractivity contribution in [2.45, 2.75) is 0 Å². The van der Waals surface area contributed by atoms with Crippen molar-refractivity contribution in [3.05, 3.63) is 42.3 Å². The second kappa shape index (κ2) is 6.06. The van der Waals surface area contributed by atoms with Gasteiger partial charge in [-0.15, -0.1) is 17.9 Å². The number of anilines is 2. The van der Waals surface area contributed by atoms with Gasteiger partial charge in [0.1, 0.15) is 0 Å². The fourth-order valence-electron chi connectivity index (χ4n) is 1.57. The fourth-order valence-corrected chi connectivity index (χ4v) is 2.86. The Morgan fingerprint density at radius 2 is 2.05 bits per heavy atom. The SMILES string of the molecule is C=CCNc1nc(-c2ccc(NS(C)(=O)=O)cc2)cs1. The Kier molecular flexibility index (Phi) is 4.41. The van der Waals surface area contributed by atoms with Crippen molar-refractivity contribution < 1.29 is 8.42 Å². The van der Waals surface area contributed by atoms with E-state index >= 15 is 0 Å². The lowest BCUT2D eigenvalue weighted by atomic mass is 10.1. The van der Waals surface area contributed by atoms with E-state index in [1.54, 1.807) is 18.2 Å². The second-order valence-electron chi connectivity index (χ2n) is 4.16. The van der Waals surface area contributed by atoms with E-state index in [9.17, 15) is 8.42 Å². The third kappa shape index (κ3) is 4.07. The molecular formula is C13H15N3O2S2. The molecule has 2 rings (SSSR count). The molecule has 0 saturated carbocycles. The van der Waals surface area contributed by atoms with E-state index in [1.165, 1.54) is 11.3 Å². The van der Waals surface area contributed by atoms with Gasteiger partial charge in [0.15, 0.2) is 5.13 Å². The van der Waals surface area contributed by atoms with Gasteiger partial charge < -0.3 is 5.32 Å². The normalized spacial score (nSPS) is 11.1. The number of hydrogen-bond acceptors (Lipinski definition) is 5. The van der Waals surface area contributed by atoms with Gasteiger partial charge >= 0.3 is 0 Å². The van der Waals surface area contributed by atoms with Gasteiger partial charge in [-0.1, -0.05) is 18.2 Å². The molecule has 0 aliphatic heterocycles. The molecule has 0 spiro atoms. The Labute approximate surface area is 122 Å². The molecule has 7 heteroatoms. The second-order valence-corrected chi connectivity index (χ2v) is 6.77. The molecule has 0 bridgehead atoms. The van der Waals surface area contributed by atoms with Crippen LogP contribution in [0, 0.1) is 0 Å². The van der Waals surface area contributed by atoms with Crippen LogP contribution in [-0.2, 0) is 10.0 Å². The Hall–Kier alpha value is -1.86. The Balaban J connectivity index is 2.13. The van der Waals surface area contributed by atoms with E-state index in [4.69, 9.17) is 0 Å². The Morgan fingerprint density at radius 3 is 2.65 bits per heavy atom. The minimum Gasteiger partial charge on any atom is -0.358 e. The van der Waals surface area contributed by atoms with Gasteiger partial charge in [-0.25, -0.2) is 13.4 Å². The molecule has 2 N–H and O–H groups in total. The van der Waals surface area contributed by atoms with Gasteiger partial charge in [0, 0.05) is 23.2 Å². The maximum Gasteiger partial charge on any atom is 0.229 e. The van der Waals surface area contributed by atoms with Crippen molar-refractivity contribution in [2.24, 2.45) is 0 Å². The highest BCUT2D eigenvalue weighted by Crippen LogP contribution is 2.26. The standard InChI is InChI=1S/C13H15N3O2S2/c1-3-8-14-13-15-12(9-19-13)10-4-6-11(7-5-10)16-20(2,17)18/h3-7,9,16H,1,8H2,2H3,(H,14,15). The average molecular weight is 309 g/mol. The first kappa shape index (κ1) is 14.5. The van der Waals surface area contributed by atoms with Gasteiger partial charge in [-0.2, -0.15) is 0 Å². The van der Waals surface area contributed by atoms with E-state index in [1.807, 2.05) is 17.5 Å². The summed E-state index contributed by atoms with van der Waals surface area (Å²) in [6.07, 6.45) is 2.89. The molecule has 106 valence electrons. The summed E-state index contributed by atoms with van der Waals surface area (Å²) in [7, 11) is -3.24. The number of hydrogen-bond donors (Lipinski definition) is 2. The number of benzene rings is 1. The zero-order chi connectivity index (χ0) is 14.6. The lowest BCUT2D eigenvalue weighted by Gasteiger charge is -2.04. The summed E-state index contributed by atoms with van der Waals surface area (Å²) in [5.74, 6) is 0. The molecule has 0 aliphatic carbocycles. The number of thiazole rings is 1. The van der Waals surface area contributed by atoms with Gasteiger partial charge in [0.25, 0.3) is 0 Å². The summed E-state index contributed by atoms with van der Waals surface area (Å²) in [6.45, 7) is 4.31. The molecule has 2 aromatic rings. The van der Waals surface area contributed by atoms with Gasteiger partial charge in [0.05, 0.1) is 11.9 Å². The zero-order valence-corrected chi connectivity index (χ0v) is 12.6. The molecule has 0 atom stereocenters. The average Bonchev–Trinajstić information content (AvgIpc) is 2.84. The van der Waals surface area contributed by atoms with Gasteiger partial charge in [-0.05, 0) is 12.1 Å². The number of nitrogens with one attached hydrogen (secondary N) is 2. The quantitative estimate of drug-likeness (QED) is 0.805. The van der Waals surface area contributed by atoms with Crippen LogP contribution < -0.4 is 10.0 Å². The predicted molar refractivity (Wildman–Crippen MR) is 84.7 cm³/mol. The largest absolute Gasteiger partial charge is 0.358 e. The highest BCUT2D eigenvalue weighted by atomic mass is 32.2. The fraction of sp³-hybridized carbons (Fsp3) is 0.154. The molecule has 0 aliphatic rings. The van der Waals surface area contributed by atoms with Crippen molar-refractivity contribution in [2.75, 3.05) is 22.8 Å². The van der Waals surface area contributed by atoms with Gasteiger partial charge in [0.2, 0.25) is 10.0 Å². The van der Waals surface area contributed by atoms with Crippen molar-refractivity contribution in [3.63, 3.8) is 0 Å². The Bertz CT molecular complexity index is 691. The van der Waals surface area contributed by atoms with Crippen LogP contribution in [-0.4, -0.2) is 26.2 Å². The van der Waals surface area contributed by atoms with Crippen LogP contribution >= 0.6 is 11.3 Å². The maximum absolute atomic E-state index is 11.1. The summed E-state index contributed by atoms with van der Waals surface area (Å²) in [5, 5.41) is 5.91. The zero-order valence-electron chi connectivity index (χ0n) is 11.0. The lowest BCUT2D eigenvalue weighted by molar-refractivity contribution is 0.607. The van der Waals surface area contributed by atoms with Crippen LogP contribution in [0.1, 0.15) is 0 Å². The molecule has 5 nitrogen and oxygen atoms in total. The summed E-state index contributed by atoms with van der Waals surface area (Å²) < 4.78 is 24.7. The monoisotopic (exact) mass is 309 g/mol. The van der Waals surface area contributed by atoms with Crippen LogP contribution in [0.4, 0.5) is 10.8 Å². The molecule has 0 fully saturated rings. The first-order valence-corrected chi connectivity index (χ1v) is 8.63. The molecular weight excluding hydrogens is 294 g/mol. The van der Waals surface area contributed by atoms with E-state index in [0.717, 1.165) is 22.6 Å².